The molecule has 150 valence electrons. The van der Waals surface area contributed by atoms with Crippen molar-refractivity contribution in [1.29, 1.82) is 0 Å². The van der Waals surface area contributed by atoms with Gasteiger partial charge >= 0.3 is 0 Å². The molecule has 0 saturated heterocycles. The second kappa shape index (κ2) is 8.61. The van der Waals surface area contributed by atoms with Crippen LogP contribution in [0.1, 0.15) is 11.1 Å². The summed E-state index contributed by atoms with van der Waals surface area (Å²) in [7, 11) is 0. The number of anilines is 1. The molecule has 4 aromatic rings. The molecule has 6 heteroatoms. The van der Waals surface area contributed by atoms with Gasteiger partial charge in [0.2, 0.25) is 5.82 Å². The summed E-state index contributed by atoms with van der Waals surface area (Å²) in [5.74, 6) is 1.11. The van der Waals surface area contributed by atoms with Crippen LogP contribution in [0.15, 0.2) is 77.3 Å². The highest BCUT2D eigenvalue weighted by Crippen LogP contribution is 2.30. The van der Waals surface area contributed by atoms with Crippen molar-refractivity contribution in [2.45, 2.75) is 13.8 Å². The largest absolute Gasteiger partial charge is 0.483 e. The maximum Gasteiger partial charge on any atom is 0.262 e. The van der Waals surface area contributed by atoms with Crippen LogP contribution in [0.4, 0.5) is 5.69 Å². The van der Waals surface area contributed by atoms with Crippen LogP contribution in [0, 0.1) is 13.8 Å². The number of benzene rings is 3. The van der Waals surface area contributed by atoms with Gasteiger partial charge in [0.1, 0.15) is 5.75 Å². The van der Waals surface area contributed by atoms with Crippen molar-refractivity contribution in [2.75, 3.05) is 11.9 Å². The fourth-order valence-electron chi connectivity index (χ4n) is 3.01. The molecule has 0 spiro atoms. The number of aryl methyl sites for hydroxylation is 2. The number of para-hydroxylation sites is 1. The Morgan fingerprint density at radius 2 is 1.63 bits per heavy atom. The highest BCUT2D eigenvalue weighted by Gasteiger charge is 2.16. The average Bonchev–Trinajstić information content (AvgIpc) is 3.24. The number of ether oxygens (including phenoxy) is 1. The van der Waals surface area contributed by atoms with E-state index in [0.717, 1.165) is 22.4 Å². The van der Waals surface area contributed by atoms with Gasteiger partial charge in [0, 0.05) is 11.3 Å². The number of rotatable bonds is 6. The van der Waals surface area contributed by atoms with Crippen molar-refractivity contribution < 1.29 is 14.1 Å². The molecule has 0 bridgehead atoms. The number of hydrogen-bond donors (Lipinski definition) is 1. The molecule has 1 aromatic heterocycles. The van der Waals surface area contributed by atoms with E-state index in [9.17, 15) is 4.79 Å². The molecule has 1 amide bonds. The van der Waals surface area contributed by atoms with Crippen molar-refractivity contribution in [3.8, 4) is 28.6 Å². The van der Waals surface area contributed by atoms with E-state index in [1.807, 2.05) is 80.6 Å². The van der Waals surface area contributed by atoms with E-state index in [4.69, 9.17) is 9.26 Å². The fourth-order valence-corrected chi connectivity index (χ4v) is 3.01. The Hall–Kier alpha value is -3.93. The van der Waals surface area contributed by atoms with Crippen LogP contribution in [0.5, 0.6) is 5.75 Å². The number of hydrogen-bond acceptors (Lipinski definition) is 5. The molecule has 0 aliphatic heterocycles. The lowest BCUT2D eigenvalue weighted by Crippen LogP contribution is -2.20. The van der Waals surface area contributed by atoms with E-state index in [1.54, 1.807) is 6.07 Å². The van der Waals surface area contributed by atoms with Crippen LogP contribution in [0.3, 0.4) is 0 Å². The summed E-state index contributed by atoms with van der Waals surface area (Å²) < 4.78 is 11.2. The maximum atomic E-state index is 12.3. The molecule has 6 nitrogen and oxygen atoms in total. The Morgan fingerprint density at radius 3 is 2.40 bits per heavy atom. The molecule has 0 aliphatic carbocycles. The second-order valence-electron chi connectivity index (χ2n) is 6.94. The molecule has 3 aromatic carbocycles. The van der Waals surface area contributed by atoms with Crippen molar-refractivity contribution in [3.63, 3.8) is 0 Å². The number of carbonyl (C=O) groups is 1. The molecule has 0 aliphatic rings. The van der Waals surface area contributed by atoms with Gasteiger partial charge in [-0.25, -0.2) is 0 Å². The molecule has 4 rings (SSSR count). The predicted octanol–water partition coefficient (Wildman–Crippen LogP) is 5.04. The number of nitrogens with zero attached hydrogens (tertiary/aromatic N) is 2. The lowest BCUT2D eigenvalue weighted by molar-refractivity contribution is -0.118. The lowest BCUT2D eigenvalue weighted by Gasteiger charge is -2.10. The second-order valence-corrected chi connectivity index (χ2v) is 6.94. The van der Waals surface area contributed by atoms with E-state index >= 15 is 0 Å². The minimum atomic E-state index is -0.248. The molecule has 1 heterocycles. The van der Waals surface area contributed by atoms with Crippen molar-refractivity contribution in [3.05, 3.63) is 83.9 Å². The first-order chi connectivity index (χ1) is 14.6. The van der Waals surface area contributed by atoms with Crippen LogP contribution in [0.25, 0.3) is 22.8 Å². The maximum absolute atomic E-state index is 12.3. The molecule has 0 fully saturated rings. The number of aromatic nitrogens is 2. The zero-order valence-corrected chi connectivity index (χ0v) is 16.8. The lowest BCUT2D eigenvalue weighted by atomic mass is 10.1. The first-order valence-electron chi connectivity index (χ1n) is 9.58. The van der Waals surface area contributed by atoms with E-state index < -0.39 is 0 Å². The zero-order chi connectivity index (χ0) is 20.9. The smallest absolute Gasteiger partial charge is 0.262 e. The minimum Gasteiger partial charge on any atom is -0.483 e. The molecule has 30 heavy (non-hydrogen) atoms. The van der Waals surface area contributed by atoms with Gasteiger partial charge in [-0.1, -0.05) is 53.2 Å². The molecule has 0 saturated carbocycles. The Bertz CT molecular complexity index is 1170. The summed E-state index contributed by atoms with van der Waals surface area (Å²) in [6, 6.07) is 22.7. The van der Waals surface area contributed by atoms with Crippen LogP contribution >= 0.6 is 0 Å². The fraction of sp³-hybridized carbons (Fsp3) is 0.125. The monoisotopic (exact) mass is 399 g/mol. The van der Waals surface area contributed by atoms with Gasteiger partial charge in [0.15, 0.2) is 6.61 Å². The molecular formula is C24H21N3O3. The Labute approximate surface area is 174 Å². The van der Waals surface area contributed by atoms with Crippen LogP contribution in [-0.4, -0.2) is 22.7 Å². The summed E-state index contributed by atoms with van der Waals surface area (Å²) in [5, 5.41) is 6.92. The van der Waals surface area contributed by atoms with Gasteiger partial charge in [-0.2, -0.15) is 4.98 Å². The highest BCUT2D eigenvalue weighted by atomic mass is 16.5. The number of nitrogens with one attached hydrogen (secondary N) is 1. The summed E-state index contributed by atoms with van der Waals surface area (Å²) in [6.45, 7) is 3.85. The van der Waals surface area contributed by atoms with Crippen LogP contribution < -0.4 is 10.1 Å². The number of carbonyl (C=O) groups excluding carboxylic acids is 1. The van der Waals surface area contributed by atoms with E-state index in [2.05, 4.69) is 15.5 Å². The summed E-state index contributed by atoms with van der Waals surface area (Å²) in [4.78, 5) is 16.8. The summed E-state index contributed by atoms with van der Waals surface area (Å²) in [5.41, 5.74) is 4.44. The molecular weight excluding hydrogens is 378 g/mol. The highest BCUT2D eigenvalue weighted by molar-refractivity contribution is 5.92. The van der Waals surface area contributed by atoms with Gasteiger partial charge < -0.3 is 14.6 Å². The summed E-state index contributed by atoms with van der Waals surface area (Å²) >= 11 is 0. The van der Waals surface area contributed by atoms with Gasteiger partial charge in [-0.3, -0.25) is 4.79 Å². The Morgan fingerprint density at radius 1 is 0.933 bits per heavy atom. The van der Waals surface area contributed by atoms with Gasteiger partial charge in [0.25, 0.3) is 11.8 Å². The third kappa shape index (κ3) is 4.38. The van der Waals surface area contributed by atoms with Gasteiger partial charge in [0.05, 0.1) is 5.56 Å². The van der Waals surface area contributed by atoms with Gasteiger partial charge in [-0.15, -0.1) is 0 Å². The minimum absolute atomic E-state index is 0.132. The van der Waals surface area contributed by atoms with E-state index in [0.29, 0.717) is 23.0 Å². The average molecular weight is 399 g/mol. The normalized spacial score (nSPS) is 10.6. The molecule has 0 unspecified atom stereocenters. The van der Waals surface area contributed by atoms with Crippen molar-refractivity contribution >= 4 is 11.6 Å². The predicted molar refractivity (Wildman–Crippen MR) is 115 cm³/mol. The molecule has 0 atom stereocenters. The van der Waals surface area contributed by atoms with Crippen LogP contribution in [0.2, 0.25) is 0 Å². The SMILES string of the molecule is Cc1ccc(NC(=O)COc2ccccc2-c2noc(-c3ccccc3C)n2)cc1. The Kier molecular flexibility index (Phi) is 5.57. The van der Waals surface area contributed by atoms with Crippen LogP contribution in [-0.2, 0) is 4.79 Å². The first-order valence-corrected chi connectivity index (χ1v) is 9.58. The van der Waals surface area contributed by atoms with E-state index in [-0.39, 0.29) is 12.5 Å². The van der Waals surface area contributed by atoms with E-state index in [1.165, 1.54) is 0 Å². The first kappa shape index (κ1) is 19.4. The standard InChI is InChI=1S/C24H21N3O3/c1-16-11-13-18(14-12-16)25-22(28)15-29-21-10-6-5-9-20(21)23-26-24(30-27-23)19-8-4-3-7-17(19)2/h3-14H,15H2,1-2H3,(H,25,28). The molecule has 1 N–H and O–H groups in total. The number of amides is 1. The van der Waals surface area contributed by atoms with Crippen molar-refractivity contribution in [2.24, 2.45) is 0 Å². The zero-order valence-electron chi connectivity index (χ0n) is 16.8. The summed E-state index contributed by atoms with van der Waals surface area (Å²) in [6.07, 6.45) is 0. The topological polar surface area (TPSA) is 77.2 Å². The third-order valence-corrected chi connectivity index (χ3v) is 4.62. The van der Waals surface area contributed by atoms with Crippen molar-refractivity contribution in [1.82, 2.24) is 10.1 Å². The molecule has 0 radical (unpaired) electrons. The third-order valence-electron chi connectivity index (χ3n) is 4.62. The Balaban J connectivity index is 1.49. The quantitative estimate of drug-likeness (QED) is 0.492. The van der Waals surface area contributed by atoms with Gasteiger partial charge in [-0.05, 0) is 49.7 Å².